The molecule has 0 amide bonds. The van der Waals surface area contributed by atoms with Crippen LogP contribution in [0.1, 0.15) is 12.0 Å². The minimum absolute atomic E-state index is 0.000278. The molecule has 0 saturated heterocycles. The Morgan fingerprint density at radius 3 is 3.06 bits per heavy atom. The van der Waals surface area contributed by atoms with Gasteiger partial charge in [-0.15, -0.1) is 0 Å². The van der Waals surface area contributed by atoms with E-state index >= 15 is 0 Å². The fourth-order valence-corrected chi connectivity index (χ4v) is 2.28. The molecule has 0 radical (unpaired) electrons. The van der Waals surface area contributed by atoms with Gasteiger partial charge in [0.1, 0.15) is 0 Å². The maximum atomic E-state index is 11.9. The van der Waals surface area contributed by atoms with Gasteiger partial charge in [0, 0.05) is 23.2 Å². The number of aromatic amines is 1. The summed E-state index contributed by atoms with van der Waals surface area (Å²) >= 11 is 0. The van der Waals surface area contributed by atoms with Crippen molar-refractivity contribution in [1.82, 2.24) is 4.98 Å². The number of pyridine rings is 1. The normalized spacial score (nSPS) is 14.5. The van der Waals surface area contributed by atoms with Crippen LogP contribution in [0, 0.1) is 0 Å². The lowest BCUT2D eigenvalue weighted by atomic mass is 10.0. The lowest BCUT2D eigenvalue weighted by Gasteiger charge is -2.19. The van der Waals surface area contributed by atoms with E-state index in [-0.39, 0.29) is 5.56 Å². The molecule has 0 aliphatic carbocycles. The SMILES string of the molecule is Nc1ccc2c3c(c(=O)[nH]c2c1)CCCN3. The van der Waals surface area contributed by atoms with Crippen LogP contribution in [0.4, 0.5) is 11.4 Å². The zero-order valence-corrected chi connectivity index (χ0v) is 8.84. The Morgan fingerprint density at radius 2 is 2.19 bits per heavy atom. The van der Waals surface area contributed by atoms with Crippen LogP contribution in [0.15, 0.2) is 23.0 Å². The molecule has 3 rings (SSSR count). The Kier molecular flexibility index (Phi) is 1.89. The highest BCUT2D eigenvalue weighted by Gasteiger charge is 2.15. The van der Waals surface area contributed by atoms with Gasteiger partial charge >= 0.3 is 0 Å². The molecule has 4 nitrogen and oxygen atoms in total. The minimum Gasteiger partial charge on any atom is -0.399 e. The molecule has 1 aliphatic rings. The van der Waals surface area contributed by atoms with Crippen molar-refractivity contribution in [1.29, 1.82) is 0 Å². The second kappa shape index (κ2) is 3.27. The standard InChI is InChI=1S/C12H13N3O/c13-7-3-4-8-10(6-7)15-12(16)9-2-1-5-14-11(8)9/h3-4,6,14H,1-2,5,13H2,(H,15,16). The number of nitrogens with two attached hydrogens (primary N) is 1. The summed E-state index contributed by atoms with van der Waals surface area (Å²) in [4.78, 5) is 14.7. The van der Waals surface area contributed by atoms with Crippen molar-refractivity contribution >= 4 is 22.3 Å². The second-order valence-electron chi connectivity index (χ2n) is 4.14. The van der Waals surface area contributed by atoms with Crippen molar-refractivity contribution in [3.05, 3.63) is 34.1 Å². The second-order valence-corrected chi connectivity index (χ2v) is 4.14. The van der Waals surface area contributed by atoms with Gasteiger partial charge in [0.05, 0.1) is 11.2 Å². The van der Waals surface area contributed by atoms with Gasteiger partial charge in [-0.05, 0) is 31.0 Å². The predicted molar refractivity (Wildman–Crippen MR) is 65.8 cm³/mol. The molecule has 0 saturated carbocycles. The van der Waals surface area contributed by atoms with Crippen LogP contribution in [0.3, 0.4) is 0 Å². The zero-order valence-electron chi connectivity index (χ0n) is 8.84. The van der Waals surface area contributed by atoms with Gasteiger partial charge in [0.2, 0.25) is 0 Å². The fraction of sp³-hybridized carbons (Fsp3) is 0.250. The van der Waals surface area contributed by atoms with E-state index in [4.69, 9.17) is 5.73 Å². The van der Waals surface area contributed by atoms with E-state index in [9.17, 15) is 4.79 Å². The highest BCUT2D eigenvalue weighted by molar-refractivity contribution is 5.94. The molecule has 0 atom stereocenters. The number of anilines is 2. The lowest BCUT2D eigenvalue weighted by Crippen LogP contribution is -2.22. The number of fused-ring (bicyclic) bond motifs is 3. The summed E-state index contributed by atoms with van der Waals surface area (Å²) in [6.45, 7) is 0.927. The van der Waals surface area contributed by atoms with Crippen LogP contribution in [-0.2, 0) is 6.42 Å². The Balaban J connectivity index is 2.42. The summed E-state index contributed by atoms with van der Waals surface area (Å²) in [6, 6.07) is 5.61. The molecule has 0 unspecified atom stereocenters. The quantitative estimate of drug-likeness (QED) is 0.583. The third kappa shape index (κ3) is 1.26. The molecule has 1 aliphatic heterocycles. The molecular weight excluding hydrogens is 202 g/mol. The smallest absolute Gasteiger partial charge is 0.253 e. The van der Waals surface area contributed by atoms with E-state index in [2.05, 4.69) is 10.3 Å². The van der Waals surface area contributed by atoms with E-state index < -0.39 is 0 Å². The molecule has 0 fully saturated rings. The van der Waals surface area contributed by atoms with Crippen molar-refractivity contribution in [2.75, 3.05) is 17.6 Å². The fourth-order valence-electron chi connectivity index (χ4n) is 2.28. The van der Waals surface area contributed by atoms with Gasteiger partial charge in [-0.1, -0.05) is 0 Å². The van der Waals surface area contributed by atoms with Crippen LogP contribution in [0.2, 0.25) is 0 Å². The highest BCUT2D eigenvalue weighted by atomic mass is 16.1. The maximum absolute atomic E-state index is 11.9. The Hall–Kier alpha value is -1.97. The highest BCUT2D eigenvalue weighted by Crippen LogP contribution is 2.28. The van der Waals surface area contributed by atoms with Gasteiger partial charge in [-0.25, -0.2) is 0 Å². The number of nitrogens with one attached hydrogen (secondary N) is 2. The first-order valence-electron chi connectivity index (χ1n) is 5.44. The molecule has 2 aromatic rings. The Labute approximate surface area is 92.5 Å². The Morgan fingerprint density at radius 1 is 1.31 bits per heavy atom. The molecule has 2 heterocycles. The summed E-state index contributed by atoms with van der Waals surface area (Å²) < 4.78 is 0. The van der Waals surface area contributed by atoms with E-state index in [0.717, 1.165) is 41.5 Å². The molecule has 16 heavy (non-hydrogen) atoms. The van der Waals surface area contributed by atoms with Crippen LogP contribution in [0.25, 0.3) is 10.9 Å². The first-order chi connectivity index (χ1) is 7.75. The number of hydrogen-bond donors (Lipinski definition) is 3. The molecule has 4 heteroatoms. The number of nitrogen functional groups attached to an aromatic ring is 1. The summed E-state index contributed by atoms with van der Waals surface area (Å²) in [5.41, 5.74) is 9.02. The van der Waals surface area contributed by atoms with E-state index in [1.54, 1.807) is 6.07 Å². The van der Waals surface area contributed by atoms with Crippen molar-refractivity contribution in [2.45, 2.75) is 12.8 Å². The summed E-state index contributed by atoms with van der Waals surface area (Å²) in [6.07, 6.45) is 1.86. The van der Waals surface area contributed by atoms with Crippen LogP contribution in [0.5, 0.6) is 0 Å². The van der Waals surface area contributed by atoms with E-state index in [0.29, 0.717) is 5.69 Å². The number of aromatic nitrogens is 1. The van der Waals surface area contributed by atoms with Gasteiger partial charge in [-0.3, -0.25) is 4.79 Å². The van der Waals surface area contributed by atoms with Crippen molar-refractivity contribution in [3.8, 4) is 0 Å². The van der Waals surface area contributed by atoms with Gasteiger partial charge in [0.25, 0.3) is 5.56 Å². The summed E-state index contributed by atoms with van der Waals surface area (Å²) in [7, 11) is 0. The first kappa shape index (κ1) is 9.27. The van der Waals surface area contributed by atoms with Crippen molar-refractivity contribution in [3.63, 3.8) is 0 Å². The van der Waals surface area contributed by atoms with Crippen LogP contribution in [-0.4, -0.2) is 11.5 Å². The molecule has 0 spiro atoms. The number of H-pyrrole nitrogens is 1. The van der Waals surface area contributed by atoms with Gasteiger partial charge in [-0.2, -0.15) is 0 Å². The number of benzene rings is 1. The van der Waals surface area contributed by atoms with Crippen LogP contribution >= 0.6 is 0 Å². The van der Waals surface area contributed by atoms with Crippen LogP contribution < -0.4 is 16.6 Å². The van der Waals surface area contributed by atoms with Crippen molar-refractivity contribution < 1.29 is 0 Å². The minimum atomic E-state index is 0.000278. The lowest BCUT2D eigenvalue weighted by molar-refractivity contribution is 0.820. The van der Waals surface area contributed by atoms with Gasteiger partial charge < -0.3 is 16.0 Å². The molecule has 1 aromatic carbocycles. The topological polar surface area (TPSA) is 70.9 Å². The van der Waals surface area contributed by atoms with Gasteiger partial charge in [0.15, 0.2) is 0 Å². The molecule has 82 valence electrons. The number of hydrogen-bond acceptors (Lipinski definition) is 3. The summed E-state index contributed by atoms with van der Waals surface area (Å²) in [5, 5.41) is 4.35. The molecule has 4 N–H and O–H groups in total. The molecular formula is C12H13N3O. The first-order valence-corrected chi connectivity index (χ1v) is 5.44. The van der Waals surface area contributed by atoms with E-state index in [1.165, 1.54) is 0 Å². The summed E-state index contributed by atoms with van der Waals surface area (Å²) in [5.74, 6) is 0. The Bertz CT molecular complexity index is 615. The monoisotopic (exact) mass is 215 g/mol. The molecule has 0 bridgehead atoms. The third-order valence-corrected chi connectivity index (χ3v) is 3.04. The number of rotatable bonds is 0. The zero-order chi connectivity index (χ0) is 11.1. The molecule has 1 aromatic heterocycles. The maximum Gasteiger partial charge on any atom is 0.253 e. The largest absolute Gasteiger partial charge is 0.399 e. The van der Waals surface area contributed by atoms with Crippen molar-refractivity contribution in [2.24, 2.45) is 0 Å². The average molecular weight is 215 g/mol. The predicted octanol–water partition coefficient (Wildman–Crippen LogP) is 1.47. The van der Waals surface area contributed by atoms with E-state index in [1.807, 2.05) is 12.1 Å². The average Bonchev–Trinajstić information content (AvgIpc) is 2.29. The third-order valence-electron chi connectivity index (χ3n) is 3.04.